The fraction of sp³-hybridized carbons (Fsp3) is 0.600. The molecule has 0 saturated heterocycles. The van der Waals surface area contributed by atoms with Crippen molar-refractivity contribution in [1.29, 1.82) is 0 Å². The minimum atomic E-state index is -2.93. The van der Waals surface area contributed by atoms with Crippen molar-refractivity contribution < 1.29 is 105 Å². The molecule has 15 N–H and O–H groups in total. The molecule has 0 fully saturated rings. The molecule has 0 bridgehead atoms. The summed E-state index contributed by atoms with van der Waals surface area (Å²) in [5, 5.41) is 79.4. The van der Waals surface area contributed by atoms with Gasteiger partial charge in [0.05, 0.1) is 0 Å². The van der Waals surface area contributed by atoms with E-state index in [0.29, 0.717) is 0 Å². The summed E-state index contributed by atoms with van der Waals surface area (Å²) in [6.45, 7) is -2.98. The maximum atomic E-state index is 13.0. The molecular formula is C30H45AsN9O18S3-3. The monoisotopic (exact) mass is 990 g/mol. The van der Waals surface area contributed by atoms with Gasteiger partial charge in [-0.25, -0.2) is 0 Å². The van der Waals surface area contributed by atoms with Crippen LogP contribution in [0.25, 0.3) is 0 Å². The van der Waals surface area contributed by atoms with E-state index in [9.17, 15) is 88.2 Å². The van der Waals surface area contributed by atoms with Crippen molar-refractivity contribution in [3.8, 4) is 0 Å². The summed E-state index contributed by atoms with van der Waals surface area (Å²) in [5.41, 5.74) is 9.97. The summed E-state index contributed by atoms with van der Waals surface area (Å²) in [6.07, 6.45) is -2.36. The molecule has 0 aromatic heterocycles. The second-order valence-corrected chi connectivity index (χ2v) is 29.3. The molecule has 344 valence electrons. The first-order valence-corrected chi connectivity index (χ1v) is 27.3. The van der Waals surface area contributed by atoms with E-state index in [1.165, 1.54) is 0 Å². The second kappa shape index (κ2) is 30.2. The van der Waals surface area contributed by atoms with Gasteiger partial charge in [0.2, 0.25) is 0 Å². The van der Waals surface area contributed by atoms with Gasteiger partial charge in [-0.2, -0.15) is 0 Å². The standard InChI is InChI=1S/C30H48AsN9O18S3/c32-13(28(53)54)1-4-19(41)38-16(25(50)35-7-22(44)45)10-59-31(60-11-17(26(51)36-8-23(46)47)39-20(42)5-2-14(33)29(55)56)61-12-18(27(52)37-9-24(48)49)40-21(43)6-3-15(34)30(57)58/h13-18H,1-12,32-34H2,(H,35,50)(H,36,51)(H,37,52)(H,38,41)(H,39,42)(H,40,43)(H,44,45)(H,46,47)(H,48,49)(H,53,54)(H,55,56)(H,57,58)/p-3/t13-,14-,15-,16-,17-,18-/m0/s1. The molecule has 0 aliphatic rings. The Hall–Kier alpha value is -4.87. The third-order valence-electron chi connectivity index (χ3n) is 7.38. The molecule has 0 spiro atoms. The summed E-state index contributed by atoms with van der Waals surface area (Å²) >= 11 is -2.93. The van der Waals surface area contributed by atoms with Crippen LogP contribution in [-0.4, -0.2) is 156 Å². The predicted molar refractivity (Wildman–Crippen MR) is 196 cm³/mol. The van der Waals surface area contributed by atoms with Crippen LogP contribution in [0.3, 0.4) is 0 Å². The summed E-state index contributed by atoms with van der Waals surface area (Å²) in [4.78, 5) is 143. The van der Waals surface area contributed by atoms with Gasteiger partial charge in [-0.1, -0.05) is 0 Å². The molecule has 0 aromatic carbocycles. The average molecular weight is 991 g/mol. The zero-order chi connectivity index (χ0) is 46.8. The van der Waals surface area contributed by atoms with Crippen LogP contribution in [0, 0.1) is 0 Å². The van der Waals surface area contributed by atoms with E-state index in [1.807, 2.05) is 16.0 Å². The van der Waals surface area contributed by atoms with Crippen molar-refractivity contribution >= 4 is 113 Å². The van der Waals surface area contributed by atoms with Crippen LogP contribution in [0.15, 0.2) is 0 Å². The van der Waals surface area contributed by atoms with E-state index < -0.39 is 158 Å². The molecule has 0 heterocycles. The van der Waals surface area contributed by atoms with E-state index in [2.05, 4.69) is 33.2 Å². The second-order valence-electron chi connectivity index (χ2n) is 12.4. The van der Waals surface area contributed by atoms with E-state index in [-0.39, 0.29) is 36.5 Å². The van der Waals surface area contributed by atoms with Crippen LogP contribution in [0.5, 0.6) is 0 Å². The molecular weight excluding hydrogens is 945 g/mol. The molecule has 0 saturated carbocycles. The molecule has 0 unspecified atom stereocenters. The van der Waals surface area contributed by atoms with Gasteiger partial charge in [0.15, 0.2) is 0 Å². The van der Waals surface area contributed by atoms with Crippen LogP contribution in [0.4, 0.5) is 0 Å². The van der Waals surface area contributed by atoms with Crippen molar-refractivity contribution in [2.75, 3.05) is 36.9 Å². The molecule has 0 aromatic rings. The van der Waals surface area contributed by atoms with Crippen LogP contribution in [0.1, 0.15) is 38.5 Å². The fourth-order valence-corrected chi connectivity index (χ4v) is 21.4. The van der Waals surface area contributed by atoms with Gasteiger partial charge in [-0.05, 0) is 0 Å². The van der Waals surface area contributed by atoms with Crippen molar-refractivity contribution in [3.63, 3.8) is 0 Å². The minimum absolute atomic E-state index is 0.316. The molecule has 6 atom stereocenters. The topological polar surface area (TPSA) is 498 Å². The molecule has 6 amide bonds. The number of rotatable bonds is 33. The van der Waals surface area contributed by atoms with Gasteiger partial charge in [-0.3, -0.25) is 0 Å². The first kappa shape index (κ1) is 56.1. The molecule has 0 aliphatic carbocycles. The zero-order valence-electron chi connectivity index (χ0n) is 32.1. The van der Waals surface area contributed by atoms with E-state index in [0.717, 1.165) is 30.1 Å². The van der Waals surface area contributed by atoms with Gasteiger partial charge in [0, 0.05) is 0 Å². The number of quaternary nitrogens is 3. The summed E-state index contributed by atoms with van der Waals surface area (Å²) in [6, 6.07) is -8.51. The van der Waals surface area contributed by atoms with E-state index in [1.54, 1.807) is 0 Å². The van der Waals surface area contributed by atoms with Crippen molar-refractivity contribution in [3.05, 3.63) is 0 Å². The summed E-state index contributed by atoms with van der Waals surface area (Å²) in [5.74, 6) is -16.6. The number of hydrogen-bond acceptors (Lipinski definition) is 21. The van der Waals surface area contributed by atoms with Crippen LogP contribution in [-0.2, 0) is 57.5 Å². The quantitative estimate of drug-likeness (QED) is 0.0276. The van der Waals surface area contributed by atoms with Gasteiger partial charge >= 0.3 is 361 Å². The van der Waals surface area contributed by atoms with Crippen LogP contribution in [0.2, 0.25) is 0 Å². The van der Waals surface area contributed by atoms with Crippen LogP contribution < -0.4 is 79.7 Å². The SMILES string of the molecule is [NH3+][C@@H](CCC(=O)N[C@@H](CS[As](SC[C@H](NC(=O)CC[C@H]([NH3+])C(=O)[O-])C(=O)NCC(=O)[O-])SC[C@H](NC(=O)CC[C@H]([NH3+])C(=O)[O-])C(=O)NCC(=O)[O-])C(=O)NCC(=O)[O-])C(=O)[O-]. The first-order chi connectivity index (χ1) is 28.4. The Bertz CT molecular complexity index is 1440. The fourth-order valence-electron chi connectivity index (χ4n) is 3.98. The number of carboxylic acid groups (broad SMARTS) is 6. The normalized spacial score (nSPS) is 13.8. The number of carbonyl (C=O) groups excluding carboxylic acids is 12. The number of carbonyl (C=O) groups is 12. The van der Waals surface area contributed by atoms with Crippen molar-refractivity contribution in [2.45, 2.75) is 74.8 Å². The molecule has 0 aliphatic heterocycles. The number of carboxylic acids is 6. The molecule has 61 heavy (non-hydrogen) atoms. The Labute approximate surface area is 360 Å². The Morgan fingerprint density at radius 1 is 0.426 bits per heavy atom. The van der Waals surface area contributed by atoms with Gasteiger partial charge in [0.1, 0.15) is 0 Å². The Kier molecular flexibility index (Phi) is 27.8. The predicted octanol–water partition coefficient (Wildman–Crippen LogP) is -16.4. The number of hydrogen-bond donors (Lipinski definition) is 9. The Morgan fingerprint density at radius 3 is 0.852 bits per heavy atom. The zero-order valence-corrected chi connectivity index (χ0v) is 36.4. The number of aliphatic carboxylic acids is 6. The Morgan fingerprint density at radius 2 is 0.656 bits per heavy atom. The van der Waals surface area contributed by atoms with E-state index in [4.69, 9.17) is 0 Å². The van der Waals surface area contributed by atoms with Crippen LogP contribution >= 0.6 is 30.1 Å². The maximum absolute atomic E-state index is 13.0. The molecule has 27 nitrogen and oxygen atoms in total. The van der Waals surface area contributed by atoms with E-state index >= 15 is 0 Å². The van der Waals surface area contributed by atoms with Crippen molar-refractivity contribution in [1.82, 2.24) is 31.9 Å². The molecule has 0 radical (unpaired) electrons. The number of nitrogens with one attached hydrogen (secondary N) is 6. The van der Waals surface area contributed by atoms with Gasteiger partial charge < -0.3 is 0 Å². The third kappa shape index (κ3) is 26.8. The van der Waals surface area contributed by atoms with Gasteiger partial charge in [-0.15, -0.1) is 0 Å². The molecule has 0 rings (SSSR count). The first-order valence-electron chi connectivity index (χ1n) is 17.5. The number of amides is 6. The molecule has 31 heteroatoms. The summed E-state index contributed by atoms with van der Waals surface area (Å²) in [7, 11) is 2.82. The van der Waals surface area contributed by atoms with Gasteiger partial charge in [0.25, 0.3) is 0 Å². The average Bonchev–Trinajstić information content (AvgIpc) is 3.18. The third-order valence-corrected chi connectivity index (χ3v) is 26.1. The van der Waals surface area contributed by atoms with Crippen molar-refractivity contribution in [2.24, 2.45) is 0 Å². The Balaban J connectivity index is 6.68. The summed E-state index contributed by atoms with van der Waals surface area (Å²) < 4.78 is 0.